The number of furan rings is 2. The van der Waals surface area contributed by atoms with Crippen molar-refractivity contribution in [3.63, 3.8) is 0 Å². The lowest BCUT2D eigenvalue weighted by Gasteiger charge is -2.28. The fraction of sp³-hybridized carbons (Fsp3) is 0. The zero-order valence-electron chi connectivity index (χ0n) is 32.5. The second-order valence-corrected chi connectivity index (χ2v) is 15.3. The van der Waals surface area contributed by atoms with Crippen LogP contribution >= 0.6 is 0 Å². The van der Waals surface area contributed by atoms with Gasteiger partial charge in [0.25, 0.3) is 0 Å². The zero-order valence-corrected chi connectivity index (χ0v) is 32.5. The van der Waals surface area contributed by atoms with Crippen molar-refractivity contribution in [1.29, 1.82) is 0 Å². The van der Waals surface area contributed by atoms with Crippen molar-refractivity contribution in [3.05, 3.63) is 218 Å². The number of benzene rings is 10. The van der Waals surface area contributed by atoms with Crippen molar-refractivity contribution < 1.29 is 8.83 Å². The van der Waals surface area contributed by atoms with E-state index in [0.29, 0.717) is 0 Å². The van der Waals surface area contributed by atoms with Gasteiger partial charge in [-0.15, -0.1) is 0 Å². The summed E-state index contributed by atoms with van der Waals surface area (Å²) in [7, 11) is 0. The predicted octanol–water partition coefficient (Wildman–Crippen LogP) is 16.4. The highest BCUT2D eigenvalue weighted by Crippen LogP contribution is 2.44. The monoisotopic (exact) mass is 768 g/mol. The molecule has 0 amide bonds. The van der Waals surface area contributed by atoms with Gasteiger partial charge in [-0.25, -0.2) is 0 Å². The summed E-state index contributed by atoms with van der Waals surface area (Å²) in [6.45, 7) is 0. The summed E-state index contributed by atoms with van der Waals surface area (Å²) in [6.07, 6.45) is 0. The Balaban J connectivity index is 0.946. The summed E-state index contributed by atoms with van der Waals surface area (Å²) in [5.74, 6) is 0. The second-order valence-electron chi connectivity index (χ2n) is 15.3. The van der Waals surface area contributed by atoms with E-state index in [1.807, 2.05) is 24.3 Å². The van der Waals surface area contributed by atoms with Gasteiger partial charge in [0, 0.05) is 55.4 Å². The summed E-state index contributed by atoms with van der Waals surface area (Å²) >= 11 is 0. The highest BCUT2D eigenvalue weighted by atomic mass is 16.3. The number of anilines is 6. The van der Waals surface area contributed by atoms with E-state index in [2.05, 4.69) is 204 Å². The van der Waals surface area contributed by atoms with E-state index in [-0.39, 0.29) is 0 Å². The van der Waals surface area contributed by atoms with E-state index in [9.17, 15) is 0 Å². The zero-order chi connectivity index (χ0) is 39.6. The Bertz CT molecular complexity index is 3430. The van der Waals surface area contributed by atoms with Crippen LogP contribution in [0.2, 0.25) is 0 Å². The van der Waals surface area contributed by atoms with Crippen LogP contribution in [-0.2, 0) is 0 Å². The van der Waals surface area contributed by atoms with Crippen molar-refractivity contribution in [2.24, 2.45) is 0 Å². The van der Waals surface area contributed by atoms with E-state index < -0.39 is 0 Å². The fourth-order valence-electron chi connectivity index (χ4n) is 8.98. The van der Waals surface area contributed by atoms with Crippen molar-refractivity contribution >= 4 is 99.5 Å². The molecule has 10 aromatic carbocycles. The van der Waals surface area contributed by atoms with Crippen LogP contribution in [0.4, 0.5) is 34.1 Å². The standard InChI is InChI=1S/C56H36N2O2/c1-2-13-40(14-3-1)58(52-34-39-12-4-5-15-45(39)46-16-6-7-17-47(46)52)42-28-24-38(25-29-42)37-22-26-41(27-23-37)57(43-30-32-55-50(35-43)48-18-8-10-20-53(48)59-55)44-31-33-56-51(36-44)49-19-9-11-21-54(49)60-56/h1-36H. The van der Waals surface area contributed by atoms with Crippen molar-refractivity contribution in [1.82, 2.24) is 0 Å². The molecule has 0 bridgehead atoms. The maximum Gasteiger partial charge on any atom is 0.135 e. The first-order chi connectivity index (χ1) is 29.7. The topological polar surface area (TPSA) is 32.8 Å². The summed E-state index contributed by atoms with van der Waals surface area (Å²) < 4.78 is 12.5. The van der Waals surface area contributed by atoms with Crippen molar-refractivity contribution in [3.8, 4) is 11.1 Å². The van der Waals surface area contributed by atoms with Crippen LogP contribution in [0.25, 0.3) is 76.5 Å². The lowest BCUT2D eigenvalue weighted by molar-refractivity contribution is 0.668. The highest BCUT2D eigenvalue weighted by Gasteiger charge is 2.20. The molecular formula is C56H36N2O2. The molecule has 2 heterocycles. The molecule has 2 aromatic heterocycles. The first kappa shape index (κ1) is 34.0. The van der Waals surface area contributed by atoms with Gasteiger partial charge in [-0.1, -0.05) is 127 Å². The third-order valence-electron chi connectivity index (χ3n) is 11.8. The van der Waals surface area contributed by atoms with Gasteiger partial charge < -0.3 is 18.6 Å². The molecular weight excluding hydrogens is 733 g/mol. The molecule has 0 unspecified atom stereocenters. The molecule has 0 aliphatic carbocycles. The molecule has 4 nitrogen and oxygen atoms in total. The molecule has 60 heavy (non-hydrogen) atoms. The SMILES string of the molecule is c1ccc(N(c2ccc(-c3ccc(N(c4ccc5oc6ccccc6c5c4)c4ccc5oc6ccccc6c5c4)cc3)cc2)c2cc3ccccc3c3ccccc23)cc1. The van der Waals surface area contributed by atoms with Crippen LogP contribution < -0.4 is 9.80 Å². The van der Waals surface area contributed by atoms with Crippen LogP contribution in [-0.4, -0.2) is 0 Å². The molecule has 0 aliphatic heterocycles. The normalized spacial score (nSPS) is 11.7. The summed E-state index contributed by atoms with van der Waals surface area (Å²) in [6, 6.07) is 77.6. The molecule has 0 aliphatic rings. The molecule has 12 aromatic rings. The molecule has 0 N–H and O–H groups in total. The van der Waals surface area contributed by atoms with Gasteiger partial charge in [-0.2, -0.15) is 0 Å². The molecule has 12 rings (SSSR count). The van der Waals surface area contributed by atoms with E-state index in [1.54, 1.807) is 0 Å². The first-order valence-electron chi connectivity index (χ1n) is 20.3. The Morgan fingerprint density at radius 3 is 1.25 bits per heavy atom. The molecule has 282 valence electrons. The smallest absolute Gasteiger partial charge is 0.135 e. The largest absolute Gasteiger partial charge is 0.456 e. The Hall–Kier alpha value is -8.08. The predicted molar refractivity (Wildman–Crippen MR) is 251 cm³/mol. The maximum absolute atomic E-state index is 6.23. The quantitative estimate of drug-likeness (QED) is 0.151. The average Bonchev–Trinajstić information content (AvgIpc) is 3.88. The van der Waals surface area contributed by atoms with Gasteiger partial charge >= 0.3 is 0 Å². The number of rotatable bonds is 7. The number of hydrogen-bond acceptors (Lipinski definition) is 4. The van der Waals surface area contributed by atoms with Gasteiger partial charge in [0.2, 0.25) is 0 Å². The third kappa shape index (κ3) is 5.61. The van der Waals surface area contributed by atoms with Gasteiger partial charge in [0.15, 0.2) is 0 Å². The maximum atomic E-state index is 6.23. The van der Waals surface area contributed by atoms with Crippen LogP contribution in [0.5, 0.6) is 0 Å². The minimum atomic E-state index is 0.870. The fourth-order valence-corrected chi connectivity index (χ4v) is 8.98. The van der Waals surface area contributed by atoms with Gasteiger partial charge in [0.1, 0.15) is 22.3 Å². The lowest BCUT2D eigenvalue weighted by atomic mass is 9.98. The molecule has 0 fully saturated rings. The summed E-state index contributed by atoms with van der Waals surface area (Å²) in [4.78, 5) is 4.69. The number of fused-ring (bicyclic) bond motifs is 9. The highest BCUT2D eigenvalue weighted by molar-refractivity contribution is 6.15. The Kier molecular flexibility index (Phi) is 7.82. The van der Waals surface area contributed by atoms with Gasteiger partial charge in [-0.05, 0) is 118 Å². The number of hydrogen-bond donors (Lipinski definition) is 0. The first-order valence-corrected chi connectivity index (χ1v) is 20.3. The minimum Gasteiger partial charge on any atom is -0.456 e. The molecule has 4 heteroatoms. The molecule has 0 radical (unpaired) electrons. The summed E-state index contributed by atoms with van der Waals surface area (Å²) in [5, 5.41) is 9.30. The molecule has 0 spiro atoms. The minimum absolute atomic E-state index is 0.870. The van der Waals surface area contributed by atoms with Gasteiger partial charge in [0.05, 0.1) is 5.69 Å². The lowest BCUT2D eigenvalue weighted by Crippen LogP contribution is -2.10. The van der Waals surface area contributed by atoms with E-state index in [4.69, 9.17) is 8.83 Å². The van der Waals surface area contributed by atoms with E-state index in [0.717, 1.165) is 89.1 Å². The molecule has 0 atom stereocenters. The number of para-hydroxylation sites is 3. The second kappa shape index (κ2) is 13.8. The Labute approximate surface area is 346 Å². The third-order valence-corrected chi connectivity index (χ3v) is 11.8. The van der Waals surface area contributed by atoms with Crippen LogP contribution in [0.1, 0.15) is 0 Å². The van der Waals surface area contributed by atoms with Crippen molar-refractivity contribution in [2.45, 2.75) is 0 Å². The summed E-state index contributed by atoms with van der Waals surface area (Å²) in [5.41, 5.74) is 12.3. The van der Waals surface area contributed by atoms with E-state index in [1.165, 1.54) is 21.5 Å². The Morgan fingerprint density at radius 2 is 0.667 bits per heavy atom. The van der Waals surface area contributed by atoms with Crippen molar-refractivity contribution in [2.75, 3.05) is 9.80 Å². The van der Waals surface area contributed by atoms with Crippen LogP contribution in [0, 0.1) is 0 Å². The van der Waals surface area contributed by atoms with E-state index >= 15 is 0 Å². The molecule has 0 saturated carbocycles. The van der Waals surface area contributed by atoms with Crippen LogP contribution in [0.15, 0.2) is 227 Å². The number of nitrogens with zero attached hydrogens (tertiary/aromatic N) is 2. The molecule has 0 saturated heterocycles. The van der Waals surface area contributed by atoms with Gasteiger partial charge in [-0.3, -0.25) is 0 Å². The average molecular weight is 769 g/mol. The Morgan fingerprint density at radius 1 is 0.250 bits per heavy atom. The van der Waals surface area contributed by atoms with Crippen LogP contribution in [0.3, 0.4) is 0 Å².